The van der Waals surface area contributed by atoms with Crippen molar-refractivity contribution in [2.75, 3.05) is 0 Å². The molecule has 1 amide bonds. The first-order valence-electron chi connectivity index (χ1n) is 6.09. The van der Waals surface area contributed by atoms with Crippen LogP contribution in [0, 0.1) is 20.6 Å². The molecule has 21 heavy (non-hydrogen) atoms. The van der Waals surface area contributed by atoms with Crippen LogP contribution in [-0.2, 0) is 13.6 Å². The van der Waals surface area contributed by atoms with E-state index >= 15 is 0 Å². The van der Waals surface area contributed by atoms with Crippen LogP contribution in [0.2, 0.25) is 0 Å². The predicted octanol–water partition coefficient (Wildman–Crippen LogP) is 2.17. The molecule has 0 atom stereocenters. The van der Waals surface area contributed by atoms with E-state index in [9.17, 15) is 14.9 Å². The molecule has 1 aromatic heterocycles. The highest BCUT2D eigenvalue weighted by atomic mass is 127. The van der Waals surface area contributed by atoms with Gasteiger partial charge in [-0.05, 0) is 35.6 Å². The number of aryl methyl sites for hydroxylation is 2. The first kappa shape index (κ1) is 15.4. The van der Waals surface area contributed by atoms with E-state index in [0.29, 0.717) is 15.7 Å². The van der Waals surface area contributed by atoms with Gasteiger partial charge < -0.3 is 5.32 Å². The van der Waals surface area contributed by atoms with Gasteiger partial charge in [-0.15, -0.1) is 0 Å². The Balaban J connectivity index is 2.15. The molecule has 1 N–H and O–H groups in total. The lowest BCUT2D eigenvalue weighted by Crippen LogP contribution is -2.24. The Labute approximate surface area is 134 Å². The summed E-state index contributed by atoms with van der Waals surface area (Å²) in [6.45, 7) is 2.19. The van der Waals surface area contributed by atoms with Gasteiger partial charge in [0.05, 0.1) is 16.2 Å². The maximum Gasteiger partial charge on any atom is 0.270 e. The largest absolute Gasteiger partial charge is 0.348 e. The third-order valence-corrected chi connectivity index (χ3v) is 3.90. The zero-order valence-corrected chi connectivity index (χ0v) is 13.6. The second kappa shape index (κ2) is 6.20. The molecule has 0 fully saturated rings. The first-order valence-corrected chi connectivity index (χ1v) is 7.17. The number of carbonyl (C=O) groups excluding carboxylic acids is 1. The van der Waals surface area contributed by atoms with Gasteiger partial charge in [-0.25, -0.2) is 0 Å². The fourth-order valence-corrected chi connectivity index (χ4v) is 2.47. The van der Waals surface area contributed by atoms with E-state index in [4.69, 9.17) is 0 Å². The number of nitrogens with zero attached hydrogens (tertiary/aromatic N) is 3. The molecule has 0 aliphatic heterocycles. The van der Waals surface area contributed by atoms with Crippen molar-refractivity contribution in [2.45, 2.75) is 13.5 Å². The van der Waals surface area contributed by atoms with Crippen molar-refractivity contribution in [3.8, 4) is 0 Å². The Morgan fingerprint density at radius 2 is 2.24 bits per heavy atom. The summed E-state index contributed by atoms with van der Waals surface area (Å²) in [5.41, 5.74) is 1.95. The van der Waals surface area contributed by atoms with E-state index in [-0.39, 0.29) is 11.6 Å². The highest BCUT2D eigenvalue weighted by molar-refractivity contribution is 14.1. The molecule has 2 rings (SSSR count). The summed E-state index contributed by atoms with van der Waals surface area (Å²) >= 11 is 1.98. The summed E-state index contributed by atoms with van der Waals surface area (Å²) < 4.78 is 2.34. The van der Waals surface area contributed by atoms with Gasteiger partial charge in [0.15, 0.2) is 0 Å². The average Bonchev–Trinajstić information content (AvgIpc) is 2.74. The van der Waals surface area contributed by atoms with Gasteiger partial charge in [-0.1, -0.05) is 0 Å². The van der Waals surface area contributed by atoms with Crippen LogP contribution in [0.25, 0.3) is 0 Å². The molecule has 2 aromatic rings. The zero-order valence-electron chi connectivity index (χ0n) is 11.5. The number of non-ortho nitro benzene ring substituents is 1. The molecular formula is C13H13IN4O3. The summed E-state index contributed by atoms with van der Waals surface area (Å²) in [5.74, 6) is -0.341. The molecule has 0 spiro atoms. The molecule has 8 heteroatoms. The maximum atomic E-state index is 12.2. The zero-order chi connectivity index (χ0) is 15.6. The minimum Gasteiger partial charge on any atom is -0.348 e. The van der Waals surface area contributed by atoms with E-state index in [2.05, 4.69) is 10.4 Å². The topological polar surface area (TPSA) is 90.1 Å². The van der Waals surface area contributed by atoms with Crippen LogP contribution in [-0.4, -0.2) is 20.6 Å². The third-order valence-electron chi connectivity index (χ3n) is 2.96. The lowest BCUT2D eigenvalue weighted by molar-refractivity contribution is -0.384. The second-order valence-electron chi connectivity index (χ2n) is 4.52. The van der Waals surface area contributed by atoms with Crippen LogP contribution in [0.1, 0.15) is 21.6 Å². The van der Waals surface area contributed by atoms with Gasteiger partial charge in [-0.2, -0.15) is 5.10 Å². The number of halogens is 1. The quantitative estimate of drug-likeness (QED) is 0.484. The highest BCUT2D eigenvalue weighted by Crippen LogP contribution is 2.19. The van der Waals surface area contributed by atoms with Gasteiger partial charge in [-0.3, -0.25) is 19.6 Å². The molecule has 1 heterocycles. The normalized spacial score (nSPS) is 10.4. The fraction of sp³-hybridized carbons (Fsp3) is 0.231. The summed E-state index contributed by atoms with van der Waals surface area (Å²) in [7, 11) is 1.81. The summed E-state index contributed by atoms with van der Waals surface area (Å²) in [5, 5.41) is 17.7. The number of benzene rings is 1. The SMILES string of the molecule is Cc1nn(C)cc1CNC(=O)c1cc([N+](=O)[O-])ccc1I. The van der Waals surface area contributed by atoms with Gasteiger partial charge in [0, 0.05) is 41.1 Å². The van der Waals surface area contributed by atoms with Crippen molar-refractivity contribution in [2.24, 2.45) is 7.05 Å². The van der Waals surface area contributed by atoms with Gasteiger partial charge >= 0.3 is 0 Å². The number of nitrogens with one attached hydrogen (secondary N) is 1. The summed E-state index contributed by atoms with van der Waals surface area (Å²) in [6, 6.07) is 4.22. The number of aromatic nitrogens is 2. The van der Waals surface area contributed by atoms with Gasteiger partial charge in [0.1, 0.15) is 0 Å². The summed E-state index contributed by atoms with van der Waals surface area (Å²) in [4.78, 5) is 22.4. The third kappa shape index (κ3) is 3.57. The Bertz CT molecular complexity index is 711. The molecule has 0 saturated heterocycles. The van der Waals surface area contributed by atoms with Crippen LogP contribution in [0.5, 0.6) is 0 Å². The molecule has 0 aliphatic carbocycles. The number of amides is 1. The van der Waals surface area contributed by atoms with E-state index in [0.717, 1.165) is 11.3 Å². The molecular weight excluding hydrogens is 387 g/mol. The minimum atomic E-state index is -0.516. The lowest BCUT2D eigenvalue weighted by atomic mass is 10.2. The lowest BCUT2D eigenvalue weighted by Gasteiger charge is -2.06. The molecule has 0 bridgehead atoms. The van der Waals surface area contributed by atoms with Crippen molar-refractivity contribution in [1.82, 2.24) is 15.1 Å². The van der Waals surface area contributed by atoms with Crippen molar-refractivity contribution < 1.29 is 9.72 Å². The predicted molar refractivity (Wildman–Crippen MR) is 84.9 cm³/mol. The first-order chi connectivity index (χ1) is 9.88. The van der Waals surface area contributed by atoms with Gasteiger partial charge in [0.25, 0.3) is 11.6 Å². The van der Waals surface area contributed by atoms with E-state index in [1.165, 1.54) is 12.1 Å². The maximum absolute atomic E-state index is 12.2. The highest BCUT2D eigenvalue weighted by Gasteiger charge is 2.15. The van der Waals surface area contributed by atoms with Crippen LogP contribution < -0.4 is 5.32 Å². The van der Waals surface area contributed by atoms with E-state index in [1.54, 1.807) is 10.7 Å². The molecule has 0 radical (unpaired) electrons. The summed E-state index contributed by atoms with van der Waals surface area (Å²) in [6.07, 6.45) is 1.83. The van der Waals surface area contributed by atoms with Crippen molar-refractivity contribution in [1.29, 1.82) is 0 Å². The van der Waals surface area contributed by atoms with Crippen LogP contribution >= 0.6 is 22.6 Å². The standard InChI is InChI=1S/C13H13IN4O3/c1-8-9(7-17(2)16-8)6-15-13(19)11-5-10(18(20)21)3-4-12(11)14/h3-5,7H,6H2,1-2H3,(H,15,19). The number of carbonyl (C=O) groups is 1. The average molecular weight is 400 g/mol. The molecule has 0 saturated carbocycles. The molecule has 1 aromatic carbocycles. The molecule has 0 aliphatic rings. The van der Waals surface area contributed by atoms with Crippen LogP contribution in [0.3, 0.4) is 0 Å². The van der Waals surface area contributed by atoms with Crippen molar-refractivity contribution in [3.63, 3.8) is 0 Å². The minimum absolute atomic E-state index is 0.0990. The smallest absolute Gasteiger partial charge is 0.270 e. The van der Waals surface area contributed by atoms with E-state index < -0.39 is 4.92 Å². The number of hydrogen-bond donors (Lipinski definition) is 1. The Hall–Kier alpha value is -1.97. The molecule has 110 valence electrons. The monoisotopic (exact) mass is 400 g/mol. The van der Waals surface area contributed by atoms with Crippen LogP contribution in [0.15, 0.2) is 24.4 Å². The van der Waals surface area contributed by atoms with Crippen LogP contribution in [0.4, 0.5) is 5.69 Å². The Morgan fingerprint density at radius 1 is 1.52 bits per heavy atom. The second-order valence-corrected chi connectivity index (χ2v) is 5.68. The number of hydrogen-bond acceptors (Lipinski definition) is 4. The van der Waals surface area contributed by atoms with Gasteiger partial charge in [0.2, 0.25) is 0 Å². The fourth-order valence-electron chi connectivity index (χ4n) is 1.89. The number of rotatable bonds is 4. The Kier molecular flexibility index (Phi) is 4.56. The van der Waals surface area contributed by atoms with Crippen molar-refractivity contribution in [3.05, 3.63) is 54.9 Å². The van der Waals surface area contributed by atoms with Crippen molar-refractivity contribution >= 4 is 34.2 Å². The molecule has 0 unspecified atom stereocenters. The number of nitro groups is 1. The van der Waals surface area contributed by atoms with E-state index in [1.807, 2.05) is 42.8 Å². The Morgan fingerprint density at radius 3 is 2.81 bits per heavy atom. The molecule has 7 nitrogen and oxygen atoms in total. The number of nitro benzene ring substituents is 1.